The van der Waals surface area contributed by atoms with Crippen molar-refractivity contribution in [2.24, 2.45) is 0 Å². The van der Waals surface area contributed by atoms with Gasteiger partial charge in [-0.05, 0) is 26.3 Å². The molecule has 1 aromatic carbocycles. The third kappa shape index (κ3) is 4.13. The number of alkyl halides is 1. The second kappa shape index (κ2) is 6.57. The third-order valence-corrected chi connectivity index (χ3v) is 3.74. The Labute approximate surface area is 135 Å². The van der Waals surface area contributed by atoms with Crippen LogP contribution in [0, 0.1) is 0 Å². The Balaban J connectivity index is 1.98. The van der Waals surface area contributed by atoms with Crippen molar-refractivity contribution in [2.45, 2.75) is 31.9 Å². The largest absolute Gasteiger partial charge is 0.444 e. The smallest absolute Gasteiger partial charge is 0.410 e. The zero-order chi connectivity index (χ0) is 16.3. The van der Waals surface area contributed by atoms with Crippen molar-refractivity contribution in [3.8, 4) is 0 Å². The summed E-state index contributed by atoms with van der Waals surface area (Å²) in [5, 5.41) is 0. The van der Waals surface area contributed by atoms with Crippen LogP contribution >= 0.6 is 11.6 Å². The van der Waals surface area contributed by atoms with Crippen molar-refractivity contribution in [3.05, 3.63) is 35.9 Å². The van der Waals surface area contributed by atoms with E-state index in [-0.39, 0.29) is 12.5 Å². The summed E-state index contributed by atoms with van der Waals surface area (Å²) in [5.74, 6) is -0.180. The highest BCUT2D eigenvalue weighted by atomic mass is 35.5. The van der Waals surface area contributed by atoms with Crippen LogP contribution in [0.5, 0.6) is 0 Å². The lowest BCUT2D eigenvalue weighted by Gasteiger charge is -2.37. The monoisotopic (exact) mass is 324 g/mol. The van der Waals surface area contributed by atoms with E-state index in [1.54, 1.807) is 25.7 Å². The predicted octanol–water partition coefficient (Wildman–Crippen LogP) is 3.00. The Morgan fingerprint density at radius 2 is 1.86 bits per heavy atom. The van der Waals surface area contributed by atoms with Gasteiger partial charge in [-0.2, -0.15) is 0 Å². The molecule has 0 aromatic heterocycles. The molecule has 1 aliphatic rings. The van der Waals surface area contributed by atoms with E-state index in [1.807, 2.05) is 30.3 Å². The van der Waals surface area contributed by atoms with Gasteiger partial charge in [0.15, 0.2) is 0 Å². The van der Waals surface area contributed by atoms with Crippen molar-refractivity contribution in [1.29, 1.82) is 0 Å². The van der Waals surface area contributed by atoms with Gasteiger partial charge in [0.2, 0.25) is 5.91 Å². The van der Waals surface area contributed by atoms with E-state index in [0.717, 1.165) is 5.56 Å². The number of carbonyl (C=O) groups excluding carboxylic acids is 2. The van der Waals surface area contributed by atoms with Crippen molar-refractivity contribution in [3.63, 3.8) is 0 Å². The maximum absolute atomic E-state index is 12.3. The van der Waals surface area contributed by atoms with Crippen LogP contribution in [0.15, 0.2) is 30.3 Å². The van der Waals surface area contributed by atoms with Crippen molar-refractivity contribution in [1.82, 2.24) is 9.80 Å². The lowest BCUT2D eigenvalue weighted by molar-refractivity contribution is -0.136. The lowest BCUT2D eigenvalue weighted by Crippen LogP contribution is -2.53. The molecule has 0 radical (unpaired) electrons. The maximum Gasteiger partial charge on any atom is 0.410 e. The number of nitrogens with zero attached hydrogens (tertiary/aromatic N) is 2. The van der Waals surface area contributed by atoms with Gasteiger partial charge in [-0.25, -0.2) is 4.79 Å². The van der Waals surface area contributed by atoms with Crippen LogP contribution in [0.2, 0.25) is 0 Å². The maximum atomic E-state index is 12.3. The number of hydrogen-bond acceptors (Lipinski definition) is 3. The molecule has 0 bridgehead atoms. The van der Waals surface area contributed by atoms with Gasteiger partial charge >= 0.3 is 6.09 Å². The molecule has 0 aliphatic carbocycles. The Morgan fingerprint density at radius 3 is 2.41 bits per heavy atom. The SMILES string of the molecule is CC(C)(C)OC(=O)N1CCN(C(Cl)c2ccccc2)C(=O)C1. The van der Waals surface area contributed by atoms with Gasteiger partial charge in [-0.3, -0.25) is 9.69 Å². The number of halogens is 1. The van der Waals surface area contributed by atoms with Gasteiger partial charge < -0.3 is 9.64 Å². The molecule has 120 valence electrons. The molecule has 1 unspecified atom stereocenters. The average Bonchev–Trinajstić information content (AvgIpc) is 2.45. The first-order valence-corrected chi connectivity index (χ1v) is 7.68. The van der Waals surface area contributed by atoms with Crippen molar-refractivity contribution in [2.75, 3.05) is 19.6 Å². The van der Waals surface area contributed by atoms with E-state index >= 15 is 0 Å². The molecule has 5 nitrogen and oxygen atoms in total. The molecule has 2 rings (SSSR count). The van der Waals surface area contributed by atoms with Crippen LogP contribution in [0.25, 0.3) is 0 Å². The number of carbonyl (C=O) groups is 2. The highest BCUT2D eigenvalue weighted by Gasteiger charge is 2.33. The predicted molar refractivity (Wildman–Crippen MR) is 84.6 cm³/mol. The van der Waals surface area contributed by atoms with Crippen LogP contribution in [-0.4, -0.2) is 47.0 Å². The standard InChI is InChI=1S/C16H21ClN2O3/c1-16(2,3)22-15(21)18-9-10-19(13(20)11-18)14(17)12-7-5-4-6-8-12/h4-8,14H,9-11H2,1-3H3. The summed E-state index contributed by atoms with van der Waals surface area (Å²) >= 11 is 6.38. The number of rotatable bonds is 2. The van der Waals surface area contributed by atoms with Crippen molar-refractivity contribution < 1.29 is 14.3 Å². The number of benzene rings is 1. The molecule has 0 spiro atoms. The highest BCUT2D eigenvalue weighted by Crippen LogP contribution is 2.26. The Bertz CT molecular complexity index is 542. The number of piperazine rings is 1. The van der Waals surface area contributed by atoms with Gasteiger partial charge in [-0.1, -0.05) is 41.9 Å². The summed E-state index contributed by atoms with van der Waals surface area (Å²) in [6, 6.07) is 9.42. The van der Waals surface area contributed by atoms with Gasteiger partial charge in [0.1, 0.15) is 17.6 Å². The molecule has 1 atom stereocenters. The first-order valence-electron chi connectivity index (χ1n) is 7.24. The summed E-state index contributed by atoms with van der Waals surface area (Å²) in [5.41, 5.74) is -0.228. The van der Waals surface area contributed by atoms with Crippen LogP contribution in [-0.2, 0) is 9.53 Å². The van der Waals surface area contributed by atoms with Gasteiger partial charge in [-0.15, -0.1) is 0 Å². The van der Waals surface area contributed by atoms with E-state index in [1.165, 1.54) is 4.90 Å². The third-order valence-electron chi connectivity index (χ3n) is 3.26. The van der Waals surface area contributed by atoms with Crippen LogP contribution < -0.4 is 0 Å². The summed E-state index contributed by atoms with van der Waals surface area (Å²) in [6.45, 7) is 6.19. The number of ether oxygens (including phenoxy) is 1. The fourth-order valence-corrected chi connectivity index (χ4v) is 2.55. The van der Waals surface area contributed by atoms with Crippen LogP contribution in [0.4, 0.5) is 4.79 Å². The van der Waals surface area contributed by atoms with Gasteiger partial charge in [0.05, 0.1) is 0 Å². The number of amides is 2. The lowest BCUT2D eigenvalue weighted by atomic mass is 10.2. The molecule has 1 heterocycles. The van der Waals surface area contributed by atoms with E-state index in [2.05, 4.69) is 0 Å². The van der Waals surface area contributed by atoms with Crippen LogP contribution in [0.3, 0.4) is 0 Å². The van der Waals surface area contributed by atoms with Gasteiger partial charge in [0, 0.05) is 13.1 Å². The minimum atomic E-state index is -0.573. The fraction of sp³-hybridized carbons (Fsp3) is 0.500. The quantitative estimate of drug-likeness (QED) is 0.620. The first-order chi connectivity index (χ1) is 10.3. The second-order valence-corrected chi connectivity index (χ2v) is 6.65. The molecular weight excluding hydrogens is 304 g/mol. The molecule has 1 fully saturated rings. The van der Waals surface area contributed by atoms with Crippen LogP contribution in [0.1, 0.15) is 31.8 Å². The molecule has 1 saturated heterocycles. The van der Waals surface area contributed by atoms with E-state index in [4.69, 9.17) is 16.3 Å². The fourth-order valence-electron chi connectivity index (χ4n) is 2.20. The Hall–Kier alpha value is -1.75. The molecule has 0 N–H and O–H groups in total. The Kier molecular flexibility index (Phi) is 4.96. The van der Waals surface area contributed by atoms with E-state index < -0.39 is 17.2 Å². The molecule has 1 aromatic rings. The van der Waals surface area contributed by atoms with Gasteiger partial charge in [0.25, 0.3) is 0 Å². The minimum absolute atomic E-state index is 0.00896. The van der Waals surface area contributed by atoms with Crippen molar-refractivity contribution >= 4 is 23.6 Å². The molecule has 0 saturated carbocycles. The summed E-state index contributed by atoms with van der Waals surface area (Å²) in [6.07, 6.45) is -0.466. The molecule has 22 heavy (non-hydrogen) atoms. The summed E-state index contributed by atoms with van der Waals surface area (Å²) < 4.78 is 5.29. The number of hydrogen-bond donors (Lipinski definition) is 0. The molecular formula is C16H21ClN2O3. The van der Waals surface area contributed by atoms with E-state index in [0.29, 0.717) is 13.1 Å². The minimum Gasteiger partial charge on any atom is -0.444 e. The topological polar surface area (TPSA) is 49.9 Å². The van der Waals surface area contributed by atoms with E-state index in [9.17, 15) is 9.59 Å². The first kappa shape index (κ1) is 16.6. The Morgan fingerprint density at radius 1 is 1.23 bits per heavy atom. The molecule has 1 aliphatic heterocycles. The normalized spacial score (nSPS) is 17.4. The zero-order valence-electron chi connectivity index (χ0n) is 13.1. The summed E-state index contributed by atoms with van der Waals surface area (Å²) in [7, 11) is 0. The molecule has 2 amide bonds. The highest BCUT2D eigenvalue weighted by molar-refractivity contribution is 6.21. The second-order valence-electron chi connectivity index (χ2n) is 6.24. The summed E-state index contributed by atoms with van der Waals surface area (Å²) in [4.78, 5) is 27.3. The zero-order valence-corrected chi connectivity index (χ0v) is 13.8. The molecule has 6 heteroatoms. The average molecular weight is 325 g/mol.